The van der Waals surface area contributed by atoms with Crippen molar-refractivity contribution in [1.82, 2.24) is 5.32 Å². The molecule has 1 aromatic rings. The average molecular weight is 262 g/mol. The molecule has 1 aliphatic carbocycles. The van der Waals surface area contributed by atoms with Gasteiger partial charge in [-0.25, -0.2) is 4.39 Å². The SMILES string of the molecule is FC1CCC(NCc2ccc(Br)o2)C1. The molecule has 2 unspecified atom stereocenters. The van der Waals surface area contributed by atoms with Crippen LogP contribution in [0.25, 0.3) is 0 Å². The summed E-state index contributed by atoms with van der Waals surface area (Å²) in [5.74, 6) is 0.888. The Labute approximate surface area is 91.0 Å². The van der Waals surface area contributed by atoms with Gasteiger partial charge in [-0.15, -0.1) is 0 Å². The van der Waals surface area contributed by atoms with Crippen LogP contribution in [0.3, 0.4) is 0 Å². The van der Waals surface area contributed by atoms with Gasteiger partial charge in [-0.2, -0.15) is 0 Å². The quantitative estimate of drug-likeness (QED) is 0.905. The van der Waals surface area contributed by atoms with Crippen molar-refractivity contribution in [3.05, 3.63) is 22.6 Å². The summed E-state index contributed by atoms with van der Waals surface area (Å²) in [6.45, 7) is 0.684. The van der Waals surface area contributed by atoms with E-state index < -0.39 is 6.17 Å². The molecule has 0 bridgehead atoms. The van der Waals surface area contributed by atoms with Gasteiger partial charge in [-0.05, 0) is 47.3 Å². The zero-order valence-corrected chi connectivity index (χ0v) is 9.39. The lowest BCUT2D eigenvalue weighted by Gasteiger charge is -2.09. The number of furan rings is 1. The third-order valence-electron chi connectivity index (χ3n) is 2.56. The van der Waals surface area contributed by atoms with Crippen LogP contribution in [0.5, 0.6) is 0 Å². The van der Waals surface area contributed by atoms with Crippen molar-refractivity contribution < 1.29 is 8.81 Å². The maximum absolute atomic E-state index is 12.8. The number of hydrogen-bond acceptors (Lipinski definition) is 2. The molecule has 0 saturated heterocycles. The second kappa shape index (κ2) is 4.45. The fourth-order valence-corrected chi connectivity index (χ4v) is 2.14. The monoisotopic (exact) mass is 261 g/mol. The minimum atomic E-state index is -0.615. The highest BCUT2D eigenvalue weighted by molar-refractivity contribution is 9.10. The Balaban J connectivity index is 1.77. The summed E-state index contributed by atoms with van der Waals surface area (Å²) in [5.41, 5.74) is 0. The van der Waals surface area contributed by atoms with Crippen LogP contribution in [-0.4, -0.2) is 12.2 Å². The van der Waals surface area contributed by atoms with E-state index in [1.165, 1.54) is 0 Å². The van der Waals surface area contributed by atoms with Crippen LogP contribution in [0.1, 0.15) is 25.0 Å². The largest absolute Gasteiger partial charge is 0.453 e. The first-order valence-electron chi connectivity index (χ1n) is 4.85. The molecular formula is C10H13BrFNO. The minimum Gasteiger partial charge on any atom is -0.453 e. The van der Waals surface area contributed by atoms with Gasteiger partial charge in [-0.1, -0.05) is 0 Å². The summed E-state index contributed by atoms with van der Waals surface area (Å²) in [4.78, 5) is 0. The smallest absolute Gasteiger partial charge is 0.169 e. The lowest BCUT2D eigenvalue weighted by Crippen LogP contribution is -2.25. The number of halogens is 2. The highest BCUT2D eigenvalue weighted by Crippen LogP contribution is 2.22. The normalized spacial score (nSPS) is 27.0. The summed E-state index contributed by atoms with van der Waals surface area (Å²) in [7, 11) is 0. The molecule has 1 fully saturated rings. The van der Waals surface area contributed by atoms with Gasteiger partial charge in [0.1, 0.15) is 11.9 Å². The van der Waals surface area contributed by atoms with Gasteiger partial charge in [0.15, 0.2) is 4.67 Å². The number of alkyl halides is 1. The Bertz CT molecular complexity index is 302. The van der Waals surface area contributed by atoms with Crippen molar-refractivity contribution in [3.63, 3.8) is 0 Å². The highest BCUT2D eigenvalue weighted by Gasteiger charge is 2.23. The Morgan fingerprint density at radius 2 is 2.36 bits per heavy atom. The van der Waals surface area contributed by atoms with Crippen LogP contribution in [0.4, 0.5) is 4.39 Å². The Morgan fingerprint density at radius 1 is 1.50 bits per heavy atom. The molecule has 2 nitrogen and oxygen atoms in total. The fraction of sp³-hybridized carbons (Fsp3) is 0.600. The average Bonchev–Trinajstić information content (AvgIpc) is 2.72. The van der Waals surface area contributed by atoms with Gasteiger partial charge in [-0.3, -0.25) is 0 Å². The zero-order chi connectivity index (χ0) is 9.97. The van der Waals surface area contributed by atoms with Gasteiger partial charge < -0.3 is 9.73 Å². The first-order valence-corrected chi connectivity index (χ1v) is 5.65. The fourth-order valence-electron chi connectivity index (χ4n) is 1.80. The molecule has 1 N–H and O–H groups in total. The standard InChI is InChI=1S/C10H13BrFNO/c11-10-4-3-9(14-10)6-13-8-2-1-7(12)5-8/h3-4,7-8,13H,1-2,5-6H2. The molecule has 0 amide bonds. The van der Waals surface area contributed by atoms with Gasteiger partial charge >= 0.3 is 0 Å². The van der Waals surface area contributed by atoms with E-state index in [0.29, 0.717) is 25.4 Å². The Hall–Kier alpha value is -0.350. The molecule has 1 aliphatic rings. The topological polar surface area (TPSA) is 25.2 Å². The van der Waals surface area contributed by atoms with E-state index in [0.717, 1.165) is 16.9 Å². The third-order valence-corrected chi connectivity index (χ3v) is 2.99. The Kier molecular flexibility index (Phi) is 3.23. The van der Waals surface area contributed by atoms with Crippen molar-refractivity contribution in [2.45, 2.75) is 38.0 Å². The van der Waals surface area contributed by atoms with E-state index in [2.05, 4.69) is 21.2 Å². The molecule has 0 radical (unpaired) electrons. The van der Waals surface area contributed by atoms with E-state index in [4.69, 9.17) is 4.42 Å². The van der Waals surface area contributed by atoms with Crippen LogP contribution < -0.4 is 5.32 Å². The van der Waals surface area contributed by atoms with Crippen molar-refractivity contribution in [3.8, 4) is 0 Å². The Morgan fingerprint density at radius 3 is 2.93 bits per heavy atom. The molecular weight excluding hydrogens is 249 g/mol. The molecule has 0 aromatic carbocycles. The van der Waals surface area contributed by atoms with E-state index in [1.54, 1.807) is 0 Å². The number of nitrogens with one attached hydrogen (secondary N) is 1. The third kappa shape index (κ3) is 2.58. The van der Waals surface area contributed by atoms with E-state index >= 15 is 0 Å². The van der Waals surface area contributed by atoms with Gasteiger partial charge in [0, 0.05) is 6.04 Å². The first-order chi connectivity index (χ1) is 6.74. The van der Waals surface area contributed by atoms with Crippen LogP contribution >= 0.6 is 15.9 Å². The molecule has 2 atom stereocenters. The molecule has 14 heavy (non-hydrogen) atoms. The summed E-state index contributed by atoms with van der Waals surface area (Å²) in [6, 6.07) is 4.09. The van der Waals surface area contributed by atoms with E-state index in [-0.39, 0.29) is 0 Å². The summed E-state index contributed by atoms with van der Waals surface area (Å²) in [6.07, 6.45) is 1.65. The van der Waals surface area contributed by atoms with E-state index in [1.807, 2.05) is 12.1 Å². The zero-order valence-electron chi connectivity index (χ0n) is 7.80. The van der Waals surface area contributed by atoms with Crippen molar-refractivity contribution >= 4 is 15.9 Å². The number of rotatable bonds is 3. The van der Waals surface area contributed by atoms with Crippen LogP contribution in [0.15, 0.2) is 21.2 Å². The molecule has 1 heterocycles. The summed E-state index contributed by atoms with van der Waals surface area (Å²) >= 11 is 3.24. The van der Waals surface area contributed by atoms with Crippen molar-refractivity contribution in [1.29, 1.82) is 0 Å². The molecule has 2 rings (SSSR count). The lowest BCUT2D eigenvalue weighted by atomic mass is 10.2. The molecule has 0 spiro atoms. The second-order valence-electron chi connectivity index (χ2n) is 3.69. The molecule has 78 valence electrons. The van der Waals surface area contributed by atoms with E-state index in [9.17, 15) is 4.39 Å². The molecule has 1 aromatic heterocycles. The van der Waals surface area contributed by atoms with Crippen molar-refractivity contribution in [2.24, 2.45) is 0 Å². The predicted octanol–water partition coefficient (Wildman–Crippen LogP) is 3.02. The lowest BCUT2D eigenvalue weighted by molar-refractivity contribution is 0.331. The molecule has 1 saturated carbocycles. The highest BCUT2D eigenvalue weighted by atomic mass is 79.9. The van der Waals surface area contributed by atoms with Crippen molar-refractivity contribution in [2.75, 3.05) is 0 Å². The second-order valence-corrected chi connectivity index (χ2v) is 4.48. The number of hydrogen-bond donors (Lipinski definition) is 1. The van der Waals surface area contributed by atoms with Gasteiger partial charge in [0.25, 0.3) is 0 Å². The van der Waals surface area contributed by atoms with Gasteiger partial charge in [0.2, 0.25) is 0 Å². The first kappa shape index (κ1) is 10.2. The summed E-state index contributed by atoms with van der Waals surface area (Å²) in [5, 5.41) is 3.29. The van der Waals surface area contributed by atoms with Crippen LogP contribution in [0.2, 0.25) is 0 Å². The minimum absolute atomic E-state index is 0.314. The maximum Gasteiger partial charge on any atom is 0.169 e. The van der Waals surface area contributed by atoms with Gasteiger partial charge in [0.05, 0.1) is 6.54 Å². The van der Waals surface area contributed by atoms with Crippen LogP contribution in [0, 0.1) is 0 Å². The summed E-state index contributed by atoms with van der Waals surface area (Å²) < 4.78 is 18.9. The molecule has 0 aliphatic heterocycles. The predicted molar refractivity (Wildman–Crippen MR) is 55.8 cm³/mol. The molecule has 4 heteroatoms. The maximum atomic E-state index is 12.8. The van der Waals surface area contributed by atoms with Crippen LogP contribution in [-0.2, 0) is 6.54 Å².